The van der Waals surface area contributed by atoms with Crippen molar-refractivity contribution in [1.82, 2.24) is 5.32 Å². The van der Waals surface area contributed by atoms with Crippen LogP contribution in [0.25, 0.3) is 0 Å². The van der Waals surface area contributed by atoms with Gasteiger partial charge < -0.3 is 10.1 Å². The Bertz CT molecular complexity index is 853. The highest BCUT2D eigenvalue weighted by molar-refractivity contribution is 7.92. The number of anilines is 1. The Morgan fingerprint density at radius 2 is 1.92 bits per heavy atom. The van der Waals surface area contributed by atoms with Gasteiger partial charge in [0.25, 0.3) is 5.91 Å². The zero-order valence-electron chi connectivity index (χ0n) is 13.2. The molecular formula is C16H17ClN2O4S. The average Bonchev–Trinajstić information content (AvgIpc) is 2.51. The fraction of sp³-hybridized carbons (Fsp3) is 0.188. The molecule has 2 N–H and O–H groups in total. The molecule has 0 atom stereocenters. The second kappa shape index (κ2) is 7.55. The number of carbonyl (C=O) groups is 1. The number of para-hydroxylation sites is 1. The third-order valence-corrected chi connectivity index (χ3v) is 4.07. The summed E-state index contributed by atoms with van der Waals surface area (Å²) in [4.78, 5) is 12.3. The molecule has 0 saturated carbocycles. The van der Waals surface area contributed by atoms with Crippen molar-refractivity contribution in [2.45, 2.75) is 6.54 Å². The van der Waals surface area contributed by atoms with Crippen molar-refractivity contribution in [2.24, 2.45) is 0 Å². The Labute approximate surface area is 145 Å². The minimum atomic E-state index is -3.40. The van der Waals surface area contributed by atoms with Crippen LogP contribution in [0.3, 0.4) is 0 Å². The van der Waals surface area contributed by atoms with E-state index in [0.717, 1.165) is 11.8 Å². The van der Waals surface area contributed by atoms with E-state index in [1.54, 1.807) is 13.2 Å². The van der Waals surface area contributed by atoms with Gasteiger partial charge in [0.05, 0.1) is 24.0 Å². The van der Waals surface area contributed by atoms with Gasteiger partial charge in [-0.3, -0.25) is 9.52 Å². The van der Waals surface area contributed by atoms with E-state index in [-0.39, 0.29) is 23.0 Å². The molecule has 0 fully saturated rings. The molecule has 0 aliphatic rings. The molecule has 2 aromatic carbocycles. The predicted octanol–water partition coefficient (Wildman–Crippen LogP) is 2.65. The molecule has 0 bridgehead atoms. The number of halogens is 1. The lowest BCUT2D eigenvalue weighted by molar-refractivity contribution is 0.0951. The minimum absolute atomic E-state index is 0.154. The van der Waals surface area contributed by atoms with Gasteiger partial charge in [-0.2, -0.15) is 0 Å². The highest BCUT2D eigenvalue weighted by atomic mass is 35.5. The van der Waals surface area contributed by atoms with Crippen molar-refractivity contribution in [3.8, 4) is 5.75 Å². The Hall–Kier alpha value is -2.25. The van der Waals surface area contributed by atoms with Crippen LogP contribution in [0.5, 0.6) is 5.75 Å². The van der Waals surface area contributed by atoms with Gasteiger partial charge in [-0.15, -0.1) is 0 Å². The molecule has 0 heterocycles. The van der Waals surface area contributed by atoms with Crippen molar-refractivity contribution in [1.29, 1.82) is 0 Å². The first-order valence-corrected chi connectivity index (χ1v) is 9.24. The van der Waals surface area contributed by atoms with Crippen molar-refractivity contribution < 1.29 is 17.9 Å². The number of hydrogen-bond donors (Lipinski definition) is 2. The van der Waals surface area contributed by atoms with E-state index < -0.39 is 10.0 Å². The number of amides is 1. The van der Waals surface area contributed by atoms with Crippen molar-refractivity contribution >= 4 is 33.2 Å². The quantitative estimate of drug-likeness (QED) is 0.820. The second-order valence-corrected chi connectivity index (χ2v) is 7.22. The number of ether oxygens (including phenoxy) is 1. The number of nitrogens with one attached hydrogen (secondary N) is 2. The molecule has 0 aliphatic heterocycles. The maximum Gasteiger partial charge on any atom is 0.253 e. The maximum absolute atomic E-state index is 12.3. The van der Waals surface area contributed by atoms with E-state index in [4.69, 9.17) is 16.3 Å². The van der Waals surface area contributed by atoms with Gasteiger partial charge in [0.2, 0.25) is 10.0 Å². The number of methoxy groups -OCH3 is 1. The Balaban J connectivity index is 2.10. The van der Waals surface area contributed by atoms with Crippen LogP contribution >= 0.6 is 11.6 Å². The zero-order valence-corrected chi connectivity index (χ0v) is 14.7. The maximum atomic E-state index is 12.3. The van der Waals surface area contributed by atoms with E-state index in [0.29, 0.717) is 11.4 Å². The van der Waals surface area contributed by atoms with Gasteiger partial charge in [0.1, 0.15) is 5.75 Å². The van der Waals surface area contributed by atoms with Gasteiger partial charge in [0, 0.05) is 17.8 Å². The van der Waals surface area contributed by atoms with Crippen molar-refractivity contribution in [3.05, 3.63) is 58.6 Å². The van der Waals surface area contributed by atoms with Gasteiger partial charge in [-0.25, -0.2) is 8.42 Å². The molecule has 1 amide bonds. The summed E-state index contributed by atoms with van der Waals surface area (Å²) in [5.74, 6) is 0.313. The average molecular weight is 369 g/mol. The minimum Gasteiger partial charge on any atom is -0.496 e. The van der Waals surface area contributed by atoms with Gasteiger partial charge >= 0.3 is 0 Å². The standard InChI is InChI=1S/C16H17ClN2O4S/c1-23-15-6-4-3-5-11(15)10-18-16(20)13-8-7-12(9-14(13)17)19-24(2,21)22/h3-9,19H,10H2,1-2H3,(H,18,20). The fourth-order valence-corrected chi connectivity index (χ4v) is 2.92. The lowest BCUT2D eigenvalue weighted by atomic mass is 10.1. The molecule has 0 spiro atoms. The van der Waals surface area contributed by atoms with Crippen LogP contribution < -0.4 is 14.8 Å². The summed E-state index contributed by atoms with van der Waals surface area (Å²) in [7, 11) is -1.84. The Kier molecular flexibility index (Phi) is 5.69. The molecule has 0 aliphatic carbocycles. The monoisotopic (exact) mass is 368 g/mol. The largest absolute Gasteiger partial charge is 0.496 e. The normalized spacial score (nSPS) is 11.0. The molecule has 2 aromatic rings. The first kappa shape index (κ1) is 18.1. The fourth-order valence-electron chi connectivity index (χ4n) is 2.10. The van der Waals surface area contributed by atoms with Crippen LogP contribution in [0.2, 0.25) is 5.02 Å². The first-order chi connectivity index (χ1) is 11.3. The smallest absolute Gasteiger partial charge is 0.253 e. The lowest BCUT2D eigenvalue weighted by Crippen LogP contribution is -2.23. The van der Waals surface area contributed by atoms with Crippen LogP contribution in [-0.4, -0.2) is 27.7 Å². The van der Waals surface area contributed by atoms with E-state index in [2.05, 4.69) is 10.0 Å². The second-order valence-electron chi connectivity index (χ2n) is 5.06. The summed E-state index contributed by atoms with van der Waals surface area (Å²) in [6, 6.07) is 11.7. The molecule has 0 unspecified atom stereocenters. The molecule has 24 heavy (non-hydrogen) atoms. The first-order valence-electron chi connectivity index (χ1n) is 6.97. The lowest BCUT2D eigenvalue weighted by Gasteiger charge is -2.11. The summed E-state index contributed by atoms with van der Waals surface area (Å²) in [5, 5.41) is 2.91. The van der Waals surface area contributed by atoms with E-state index in [1.165, 1.54) is 18.2 Å². The number of hydrogen-bond acceptors (Lipinski definition) is 4. The van der Waals surface area contributed by atoms with Crippen LogP contribution in [0.1, 0.15) is 15.9 Å². The van der Waals surface area contributed by atoms with Crippen LogP contribution in [0, 0.1) is 0 Å². The van der Waals surface area contributed by atoms with Gasteiger partial charge in [-0.05, 0) is 24.3 Å². The van der Waals surface area contributed by atoms with Crippen LogP contribution in [0.4, 0.5) is 5.69 Å². The summed E-state index contributed by atoms with van der Waals surface area (Å²) < 4.78 is 29.9. The van der Waals surface area contributed by atoms with E-state index in [1.807, 2.05) is 18.2 Å². The molecule has 2 rings (SSSR count). The van der Waals surface area contributed by atoms with Gasteiger partial charge in [0.15, 0.2) is 0 Å². The highest BCUT2D eigenvalue weighted by Crippen LogP contribution is 2.22. The molecule has 0 saturated heterocycles. The summed E-state index contributed by atoms with van der Waals surface area (Å²) in [6.07, 6.45) is 1.04. The third-order valence-electron chi connectivity index (χ3n) is 3.15. The Morgan fingerprint density at radius 1 is 1.21 bits per heavy atom. The molecule has 0 aromatic heterocycles. The van der Waals surface area contributed by atoms with Crippen molar-refractivity contribution in [2.75, 3.05) is 18.1 Å². The Morgan fingerprint density at radius 3 is 2.54 bits per heavy atom. The van der Waals surface area contributed by atoms with Crippen LogP contribution in [-0.2, 0) is 16.6 Å². The summed E-state index contributed by atoms with van der Waals surface area (Å²) in [5.41, 5.74) is 1.38. The topological polar surface area (TPSA) is 84.5 Å². The molecule has 0 radical (unpaired) electrons. The summed E-state index contributed by atoms with van der Waals surface area (Å²) >= 11 is 6.07. The molecular weight excluding hydrogens is 352 g/mol. The van der Waals surface area contributed by atoms with E-state index >= 15 is 0 Å². The zero-order chi connectivity index (χ0) is 17.7. The third kappa shape index (κ3) is 4.87. The SMILES string of the molecule is COc1ccccc1CNC(=O)c1ccc(NS(C)(=O)=O)cc1Cl. The molecule has 128 valence electrons. The number of benzene rings is 2. The van der Waals surface area contributed by atoms with Crippen molar-refractivity contribution in [3.63, 3.8) is 0 Å². The summed E-state index contributed by atoms with van der Waals surface area (Å²) in [6.45, 7) is 0.280. The number of carbonyl (C=O) groups excluding carboxylic acids is 1. The number of sulfonamides is 1. The molecule has 8 heteroatoms. The molecule has 6 nitrogen and oxygen atoms in total. The number of rotatable bonds is 6. The predicted molar refractivity (Wildman–Crippen MR) is 94.1 cm³/mol. The van der Waals surface area contributed by atoms with Gasteiger partial charge in [-0.1, -0.05) is 29.8 Å². The van der Waals surface area contributed by atoms with Crippen LogP contribution in [0.15, 0.2) is 42.5 Å². The van der Waals surface area contributed by atoms with E-state index in [9.17, 15) is 13.2 Å². The highest BCUT2D eigenvalue weighted by Gasteiger charge is 2.13.